The van der Waals surface area contributed by atoms with Crippen molar-refractivity contribution in [1.82, 2.24) is 15.0 Å². The zero-order valence-electron chi connectivity index (χ0n) is 15.6. The Kier molecular flexibility index (Phi) is 5.64. The predicted molar refractivity (Wildman–Crippen MR) is 97.7 cm³/mol. The van der Waals surface area contributed by atoms with E-state index in [0.29, 0.717) is 0 Å². The Hall–Kier alpha value is -3.27. The van der Waals surface area contributed by atoms with E-state index in [1.165, 1.54) is 24.3 Å². The summed E-state index contributed by atoms with van der Waals surface area (Å²) in [5.41, 5.74) is 0.133. The highest BCUT2D eigenvalue weighted by Gasteiger charge is 2.30. The van der Waals surface area contributed by atoms with Crippen LogP contribution in [0.4, 0.5) is 18.9 Å². The van der Waals surface area contributed by atoms with Gasteiger partial charge in [0.25, 0.3) is 5.69 Å². The van der Waals surface area contributed by atoms with Crippen LogP contribution in [0.2, 0.25) is 0 Å². The number of rotatable bonds is 6. The highest BCUT2D eigenvalue weighted by atomic mass is 19.4. The standard InChI is InChI=1S/C19H17F3N4O3/c1-12(13-5-4-8-16(10-13)26(27)28)25(2)11-17-23-18(24-29-17)14-6-3-7-15(9-14)19(20,21)22/h3-10,12H,11H2,1-2H3. The Morgan fingerprint density at radius 2 is 1.93 bits per heavy atom. The maximum Gasteiger partial charge on any atom is 0.416 e. The molecule has 3 aromatic rings. The first-order valence-corrected chi connectivity index (χ1v) is 8.60. The van der Waals surface area contributed by atoms with E-state index in [4.69, 9.17) is 4.52 Å². The van der Waals surface area contributed by atoms with Crippen LogP contribution in [0.25, 0.3) is 11.4 Å². The van der Waals surface area contributed by atoms with Gasteiger partial charge in [-0.15, -0.1) is 0 Å². The molecule has 0 spiro atoms. The third kappa shape index (κ3) is 4.77. The minimum atomic E-state index is -4.46. The molecule has 0 amide bonds. The second-order valence-corrected chi connectivity index (χ2v) is 6.53. The molecule has 0 bridgehead atoms. The zero-order chi connectivity index (χ0) is 21.2. The van der Waals surface area contributed by atoms with Crippen LogP contribution >= 0.6 is 0 Å². The number of benzene rings is 2. The molecule has 0 saturated carbocycles. The van der Waals surface area contributed by atoms with Crippen LogP contribution in [0.3, 0.4) is 0 Å². The van der Waals surface area contributed by atoms with E-state index >= 15 is 0 Å². The summed E-state index contributed by atoms with van der Waals surface area (Å²) in [6, 6.07) is 10.8. The lowest BCUT2D eigenvalue weighted by Gasteiger charge is -2.23. The minimum absolute atomic E-state index is 0.00706. The maximum absolute atomic E-state index is 12.9. The molecule has 1 unspecified atom stereocenters. The first-order valence-electron chi connectivity index (χ1n) is 8.60. The normalized spacial score (nSPS) is 12.9. The first kappa shape index (κ1) is 20.5. The van der Waals surface area contributed by atoms with Gasteiger partial charge in [0, 0.05) is 23.7 Å². The molecule has 0 aliphatic carbocycles. The zero-order valence-corrected chi connectivity index (χ0v) is 15.6. The molecule has 1 atom stereocenters. The van der Waals surface area contributed by atoms with Crippen molar-refractivity contribution in [2.45, 2.75) is 25.7 Å². The van der Waals surface area contributed by atoms with Crippen LogP contribution in [0.15, 0.2) is 53.1 Å². The molecule has 2 aromatic carbocycles. The number of non-ortho nitro benzene ring substituents is 1. The fourth-order valence-corrected chi connectivity index (χ4v) is 2.77. The quantitative estimate of drug-likeness (QED) is 0.429. The van der Waals surface area contributed by atoms with Crippen molar-refractivity contribution in [3.05, 3.63) is 75.7 Å². The molecule has 0 fully saturated rings. The molecule has 0 radical (unpaired) electrons. The highest BCUT2D eigenvalue weighted by Crippen LogP contribution is 2.31. The summed E-state index contributed by atoms with van der Waals surface area (Å²) >= 11 is 0. The van der Waals surface area contributed by atoms with E-state index in [2.05, 4.69) is 10.1 Å². The lowest BCUT2D eigenvalue weighted by Crippen LogP contribution is -2.22. The van der Waals surface area contributed by atoms with Gasteiger partial charge >= 0.3 is 6.18 Å². The number of aromatic nitrogens is 2. The topological polar surface area (TPSA) is 85.3 Å². The van der Waals surface area contributed by atoms with Crippen LogP contribution in [0, 0.1) is 10.1 Å². The third-order valence-electron chi connectivity index (χ3n) is 4.53. The van der Waals surface area contributed by atoms with Crippen LogP contribution in [0.1, 0.15) is 30.0 Å². The molecule has 1 aromatic heterocycles. The number of nitro benzene ring substituents is 1. The van der Waals surface area contributed by atoms with Gasteiger partial charge in [0.15, 0.2) is 0 Å². The van der Waals surface area contributed by atoms with Crippen molar-refractivity contribution < 1.29 is 22.6 Å². The monoisotopic (exact) mass is 406 g/mol. The molecule has 1 heterocycles. The summed E-state index contributed by atoms with van der Waals surface area (Å²) in [6.45, 7) is 2.08. The molecule has 29 heavy (non-hydrogen) atoms. The van der Waals surface area contributed by atoms with Gasteiger partial charge in [-0.1, -0.05) is 29.4 Å². The number of halogens is 3. The molecular formula is C19H17F3N4O3. The predicted octanol–water partition coefficient (Wildman–Crippen LogP) is 4.86. The van der Waals surface area contributed by atoms with Gasteiger partial charge in [0.05, 0.1) is 17.0 Å². The largest absolute Gasteiger partial charge is 0.416 e. The van der Waals surface area contributed by atoms with Gasteiger partial charge in [0.1, 0.15) is 0 Å². The highest BCUT2D eigenvalue weighted by molar-refractivity contribution is 5.55. The summed E-state index contributed by atoms with van der Waals surface area (Å²) in [5.74, 6) is 0.277. The molecule has 0 saturated heterocycles. The molecule has 10 heteroatoms. The number of nitro groups is 1. The van der Waals surface area contributed by atoms with Crippen molar-refractivity contribution in [3.8, 4) is 11.4 Å². The van der Waals surface area contributed by atoms with Gasteiger partial charge in [-0.25, -0.2) is 0 Å². The first-order chi connectivity index (χ1) is 13.6. The molecule has 0 aliphatic heterocycles. The smallest absolute Gasteiger partial charge is 0.338 e. The van der Waals surface area contributed by atoms with Gasteiger partial charge < -0.3 is 4.52 Å². The van der Waals surface area contributed by atoms with Crippen LogP contribution in [-0.4, -0.2) is 27.0 Å². The Bertz CT molecular complexity index is 1020. The Labute approximate surface area is 163 Å². The van der Waals surface area contributed by atoms with Crippen molar-refractivity contribution >= 4 is 5.69 Å². The Morgan fingerprint density at radius 3 is 2.62 bits per heavy atom. The van der Waals surface area contributed by atoms with Crippen LogP contribution < -0.4 is 0 Å². The van der Waals surface area contributed by atoms with E-state index in [1.54, 1.807) is 19.2 Å². The van der Waals surface area contributed by atoms with Crippen LogP contribution in [0.5, 0.6) is 0 Å². The summed E-state index contributed by atoms with van der Waals surface area (Å²) < 4.78 is 43.8. The van der Waals surface area contributed by atoms with Crippen LogP contribution in [-0.2, 0) is 12.7 Å². The van der Waals surface area contributed by atoms with Crippen molar-refractivity contribution in [3.63, 3.8) is 0 Å². The fourth-order valence-electron chi connectivity index (χ4n) is 2.77. The van der Waals surface area contributed by atoms with E-state index in [1.807, 2.05) is 11.8 Å². The number of hydrogen-bond donors (Lipinski definition) is 0. The van der Waals surface area contributed by atoms with Gasteiger partial charge in [-0.2, -0.15) is 18.2 Å². The molecule has 0 aliphatic rings. The maximum atomic E-state index is 12.9. The van der Waals surface area contributed by atoms with E-state index in [-0.39, 0.29) is 35.6 Å². The van der Waals surface area contributed by atoms with Crippen molar-refractivity contribution in [2.24, 2.45) is 0 Å². The van der Waals surface area contributed by atoms with Gasteiger partial charge in [-0.05, 0) is 31.7 Å². The minimum Gasteiger partial charge on any atom is -0.338 e. The van der Waals surface area contributed by atoms with E-state index in [0.717, 1.165) is 17.7 Å². The molecule has 0 N–H and O–H groups in total. The average molecular weight is 406 g/mol. The van der Waals surface area contributed by atoms with Gasteiger partial charge in [-0.3, -0.25) is 15.0 Å². The summed E-state index contributed by atoms with van der Waals surface area (Å²) in [5, 5.41) is 14.7. The summed E-state index contributed by atoms with van der Waals surface area (Å²) in [4.78, 5) is 16.5. The lowest BCUT2D eigenvalue weighted by atomic mass is 10.1. The fraction of sp³-hybridized carbons (Fsp3) is 0.263. The number of alkyl halides is 3. The van der Waals surface area contributed by atoms with E-state index in [9.17, 15) is 23.3 Å². The molecule has 152 valence electrons. The number of nitrogens with zero attached hydrogens (tertiary/aromatic N) is 4. The van der Waals surface area contributed by atoms with Crippen molar-refractivity contribution in [2.75, 3.05) is 7.05 Å². The molecule has 3 rings (SSSR count). The third-order valence-corrected chi connectivity index (χ3v) is 4.53. The summed E-state index contributed by atoms with van der Waals surface area (Å²) in [6.07, 6.45) is -4.46. The van der Waals surface area contributed by atoms with Gasteiger partial charge in [0.2, 0.25) is 11.7 Å². The molecular weight excluding hydrogens is 389 g/mol. The van der Waals surface area contributed by atoms with Crippen molar-refractivity contribution in [1.29, 1.82) is 0 Å². The second kappa shape index (κ2) is 8.00. The second-order valence-electron chi connectivity index (χ2n) is 6.53. The average Bonchev–Trinajstić information content (AvgIpc) is 3.15. The molecule has 7 nitrogen and oxygen atoms in total. The van der Waals surface area contributed by atoms with E-state index < -0.39 is 16.7 Å². The SMILES string of the molecule is CC(c1cccc([N+](=O)[O-])c1)N(C)Cc1nc(-c2cccc(C(F)(F)F)c2)no1. The number of hydrogen-bond acceptors (Lipinski definition) is 6. The Balaban J connectivity index is 1.74. The lowest BCUT2D eigenvalue weighted by molar-refractivity contribution is -0.384. The summed E-state index contributed by atoms with van der Waals surface area (Å²) in [7, 11) is 1.78. The Morgan fingerprint density at radius 1 is 1.21 bits per heavy atom.